The van der Waals surface area contributed by atoms with Crippen molar-refractivity contribution < 1.29 is 19.4 Å². The van der Waals surface area contributed by atoms with Gasteiger partial charge in [0.05, 0.1) is 0 Å². The zero-order chi connectivity index (χ0) is 17.2. The number of nitrogens with one attached hydrogen (secondary N) is 1. The second-order valence-electron chi connectivity index (χ2n) is 6.93. The van der Waals surface area contributed by atoms with Crippen molar-refractivity contribution >= 4 is 17.7 Å². The minimum atomic E-state index is -1.01. The number of carbonyl (C=O) groups is 2. The van der Waals surface area contributed by atoms with E-state index < -0.39 is 23.7 Å². The number of rotatable bonds is 3. The molecule has 0 aromatic heterocycles. The molecule has 2 unspecified atom stereocenters. The molecule has 0 aliphatic carbocycles. The first-order valence-corrected chi connectivity index (χ1v) is 7.71. The van der Waals surface area contributed by atoms with Crippen molar-refractivity contribution in [1.29, 1.82) is 0 Å². The van der Waals surface area contributed by atoms with Gasteiger partial charge in [0.15, 0.2) is 0 Å². The number of ether oxygens (including phenoxy) is 1. The number of anilines is 1. The minimum absolute atomic E-state index is 0.119. The smallest absolute Gasteiger partial charge is 0.411 e. The number of aliphatic carboxylic acids is 1. The lowest BCUT2D eigenvalue weighted by Gasteiger charge is -2.26. The number of hydrogen-bond acceptors (Lipinski definition) is 4. The molecule has 6 heteroatoms. The van der Waals surface area contributed by atoms with Crippen molar-refractivity contribution in [3.05, 3.63) is 29.8 Å². The van der Waals surface area contributed by atoms with Gasteiger partial charge in [-0.3, -0.25) is 4.90 Å². The Morgan fingerprint density at radius 1 is 1.26 bits per heavy atom. The Balaban J connectivity index is 2.06. The average molecular weight is 320 g/mol. The van der Waals surface area contributed by atoms with Crippen LogP contribution in [0, 0.1) is 6.92 Å². The second kappa shape index (κ2) is 6.48. The number of likely N-dealkylation sites (tertiary alicyclic amines) is 1. The van der Waals surface area contributed by atoms with Crippen LogP contribution in [0.25, 0.3) is 0 Å². The van der Waals surface area contributed by atoms with Gasteiger partial charge in [0.2, 0.25) is 0 Å². The highest BCUT2D eigenvalue weighted by molar-refractivity contribution is 5.81. The van der Waals surface area contributed by atoms with Gasteiger partial charge in [-0.25, -0.2) is 9.59 Å². The molecule has 2 atom stereocenters. The summed E-state index contributed by atoms with van der Waals surface area (Å²) < 4.78 is 5.31. The number of hydrogen-bond donors (Lipinski definition) is 2. The van der Waals surface area contributed by atoms with Gasteiger partial charge in [-0.1, -0.05) is 17.7 Å². The van der Waals surface area contributed by atoms with Gasteiger partial charge in [-0.2, -0.15) is 0 Å². The summed E-state index contributed by atoms with van der Waals surface area (Å²) in [5.41, 5.74) is 1.42. The molecular weight excluding hydrogens is 296 g/mol. The molecule has 0 radical (unpaired) electrons. The van der Waals surface area contributed by atoms with Crippen LogP contribution in [0.15, 0.2) is 24.3 Å². The summed E-state index contributed by atoms with van der Waals surface area (Å²) in [6.07, 6.45) is -0.235. The number of carboxylic acids is 1. The third-order valence-corrected chi connectivity index (χ3v) is 3.64. The van der Waals surface area contributed by atoms with Gasteiger partial charge in [0, 0.05) is 24.7 Å². The van der Waals surface area contributed by atoms with Gasteiger partial charge in [0.1, 0.15) is 11.6 Å². The second-order valence-corrected chi connectivity index (χ2v) is 6.93. The lowest BCUT2D eigenvalue weighted by Crippen LogP contribution is -2.43. The van der Waals surface area contributed by atoms with Crippen LogP contribution in [0.3, 0.4) is 0 Å². The Kier molecular flexibility index (Phi) is 4.82. The molecule has 2 rings (SSSR count). The van der Waals surface area contributed by atoms with Crippen LogP contribution in [-0.4, -0.2) is 46.3 Å². The zero-order valence-corrected chi connectivity index (χ0v) is 14.0. The van der Waals surface area contributed by atoms with Gasteiger partial charge < -0.3 is 15.2 Å². The molecule has 1 aromatic carbocycles. The van der Waals surface area contributed by atoms with Crippen molar-refractivity contribution in [2.75, 3.05) is 11.9 Å². The number of aryl methyl sites for hydroxylation is 1. The Labute approximate surface area is 136 Å². The molecule has 126 valence electrons. The number of nitrogens with zero attached hydrogens (tertiary/aromatic N) is 1. The van der Waals surface area contributed by atoms with Crippen LogP contribution in [0.1, 0.15) is 32.8 Å². The minimum Gasteiger partial charge on any atom is -0.480 e. The highest BCUT2D eigenvalue weighted by Gasteiger charge is 2.41. The van der Waals surface area contributed by atoms with E-state index in [0.29, 0.717) is 13.0 Å². The van der Waals surface area contributed by atoms with Crippen LogP contribution in [-0.2, 0) is 9.53 Å². The monoisotopic (exact) mass is 320 g/mol. The van der Waals surface area contributed by atoms with Crippen molar-refractivity contribution in [2.24, 2.45) is 0 Å². The summed E-state index contributed by atoms with van der Waals surface area (Å²) in [6.45, 7) is 7.60. The van der Waals surface area contributed by atoms with Gasteiger partial charge in [-0.05, 0) is 39.8 Å². The third kappa shape index (κ3) is 4.61. The number of carbonyl (C=O) groups excluding carboxylic acids is 1. The molecule has 1 amide bonds. The SMILES string of the molecule is Cc1ccc(NC2CC(C(=O)O)N(C(=O)OC(C)(C)C)C2)cc1. The first kappa shape index (κ1) is 17.1. The topological polar surface area (TPSA) is 78.9 Å². The zero-order valence-electron chi connectivity index (χ0n) is 14.0. The Hall–Kier alpha value is -2.24. The standard InChI is InChI=1S/C17H24N2O4/c1-11-5-7-12(8-6-11)18-13-9-14(15(20)21)19(10-13)16(22)23-17(2,3)4/h5-8,13-14,18H,9-10H2,1-4H3,(H,20,21). The molecule has 1 aliphatic heterocycles. The van der Waals surface area contributed by atoms with E-state index in [1.54, 1.807) is 20.8 Å². The van der Waals surface area contributed by atoms with E-state index >= 15 is 0 Å². The summed E-state index contributed by atoms with van der Waals surface area (Å²) in [4.78, 5) is 25.0. The van der Waals surface area contributed by atoms with Gasteiger partial charge in [0.25, 0.3) is 0 Å². The van der Waals surface area contributed by atoms with E-state index in [2.05, 4.69) is 5.32 Å². The molecule has 0 bridgehead atoms. The lowest BCUT2D eigenvalue weighted by atomic mass is 10.1. The van der Waals surface area contributed by atoms with Crippen LogP contribution in [0.5, 0.6) is 0 Å². The number of amides is 1. The van der Waals surface area contributed by atoms with Crippen LogP contribution in [0.4, 0.5) is 10.5 Å². The first-order chi connectivity index (χ1) is 10.7. The molecule has 0 saturated carbocycles. The first-order valence-electron chi connectivity index (χ1n) is 7.71. The Bertz CT molecular complexity index is 577. The van der Waals surface area contributed by atoms with Gasteiger partial charge in [-0.15, -0.1) is 0 Å². The molecular formula is C17H24N2O4. The van der Waals surface area contributed by atoms with E-state index in [4.69, 9.17) is 4.74 Å². The quantitative estimate of drug-likeness (QED) is 0.895. The third-order valence-electron chi connectivity index (χ3n) is 3.64. The highest BCUT2D eigenvalue weighted by atomic mass is 16.6. The Morgan fingerprint density at radius 2 is 1.87 bits per heavy atom. The molecule has 1 aromatic rings. The maximum atomic E-state index is 12.2. The number of benzene rings is 1. The maximum Gasteiger partial charge on any atom is 0.411 e. The van der Waals surface area contributed by atoms with Crippen molar-refractivity contribution in [2.45, 2.75) is 51.8 Å². The van der Waals surface area contributed by atoms with E-state index in [9.17, 15) is 14.7 Å². The van der Waals surface area contributed by atoms with Gasteiger partial charge >= 0.3 is 12.1 Å². The van der Waals surface area contributed by atoms with Crippen LogP contribution >= 0.6 is 0 Å². The molecule has 0 spiro atoms. The Morgan fingerprint density at radius 3 is 2.39 bits per heavy atom. The van der Waals surface area contributed by atoms with Crippen molar-refractivity contribution in [1.82, 2.24) is 4.90 Å². The molecule has 1 saturated heterocycles. The molecule has 6 nitrogen and oxygen atoms in total. The van der Waals surface area contributed by atoms with E-state index in [1.807, 2.05) is 31.2 Å². The molecule has 23 heavy (non-hydrogen) atoms. The normalized spacial score (nSPS) is 21.1. The van der Waals surface area contributed by atoms with Crippen LogP contribution < -0.4 is 5.32 Å². The van der Waals surface area contributed by atoms with Crippen molar-refractivity contribution in [3.8, 4) is 0 Å². The lowest BCUT2D eigenvalue weighted by molar-refractivity contribution is -0.142. The summed E-state index contributed by atoms with van der Waals surface area (Å²) >= 11 is 0. The summed E-state index contributed by atoms with van der Waals surface area (Å²) in [5.74, 6) is -1.01. The van der Waals surface area contributed by atoms with Crippen molar-refractivity contribution in [3.63, 3.8) is 0 Å². The predicted octanol–water partition coefficient (Wildman–Crippen LogP) is 2.87. The predicted molar refractivity (Wildman–Crippen MR) is 87.6 cm³/mol. The molecule has 1 fully saturated rings. The fraction of sp³-hybridized carbons (Fsp3) is 0.529. The van der Waals surface area contributed by atoms with Crippen LogP contribution in [0.2, 0.25) is 0 Å². The van der Waals surface area contributed by atoms with E-state index in [1.165, 1.54) is 4.90 Å². The summed E-state index contributed by atoms with van der Waals surface area (Å²) in [5, 5.41) is 12.7. The molecule has 2 N–H and O–H groups in total. The van der Waals surface area contributed by atoms with E-state index in [0.717, 1.165) is 11.3 Å². The summed E-state index contributed by atoms with van der Waals surface area (Å²) in [7, 11) is 0. The number of carboxylic acid groups (broad SMARTS) is 1. The molecule has 1 heterocycles. The van der Waals surface area contributed by atoms with E-state index in [-0.39, 0.29) is 6.04 Å². The molecule has 1 aliphatic rings. The highest BCUT2D eigenvalue weighted by Crippen LogP contribution is 2.24. The summed E-state index contributed by atoms with van der Waals surface area (Å²) in [6, 6.07) is 6.87. The average Bonchev–Trinajstić information content (AvgIpc) is 2.84. The fourth-order valence-corrected chi connectivity index (χ4v) is 2.58. The largest absolute Gasteiger partial charge is 0.480 e. The fourth-order valence-electron chi connectivity index (χ4n) is 2.58. The maximum absolute atomic E-state index is 12.2.